The van der Waals surface area contributed by atoms with Crippen LogP contribution in [0, 0.1) is 5.92 Å². The Morgan fingerprint density at radius 2 is 2.24 bits per heavy atom. The lowest BCUT2D eigenvalue weighted by Crippen LogP contribution is -2.33. The number of hydrogen-bond donors (Lipinski definition) is 1. The summed E-state index contributed by atoms with van der Waals surface area (Å²) >= 11 is 0. The minimum atomic E-state index is 0.911. The Kier molecular flexibility index (Phi) is 4.80. The van der Waals surface area contributed by atoms with Crippen molar-refractivity contribution in [1.29, 1.82) is 0 Å². The van der Waals surface area contributed by atoms with Crippen LogP contribution in [0.25, 0.3) is 0 Å². The predicted molar refractivity (Wildman–Crippen MR) is 73.2 cm³/mol. The number of aliphatic imine (C=N–C) groups is 1. The molecule has 0 aromatic rings. The maximum Gasteiger partial charge on any atom is 0.0285 e. The summed E-state index contributed by atoms with van der Waals surface area (Å²) in [5, 5.41) is 3.25. The van der Waals surface area contributed by atoms with Gasteiger partial charge in [0.2, 0.25) is 0 Å². The first-order valence-electron chi connectivity index (χ1n) is 6.67. The van der Waals surface area contributed by atoms with Crippen molar-refractivity contribution in [2.45, 2.75) is 25.7 Å². The lowest BCUT2D eigenvalue weighted by atomic mass is 9.93. The molecular weight excluding hydrogens is 210 g/mol. The van der Waals surface area contributed by atoms with Crippen LogP contribution >= 0.6 is 0 Å². The molecule has 0 saturated carbocycles. The first kappa shape index (κ1) is 12.4. The van der Waals surface area contributed by atoms with E-state index in [0.29, 0.717) is 0 Å². The van der Waals surface area contributed by atoms with Crippen molar-refractivity contribution >= 4 is 6.21 Å². The number of hydrogen-bond acceptors (Lipinski definition) is 3. The maximum atomic E-state index is 4.15. The summed E-state index contributed by atoms with van der Waals surface area (Å²) < 4.78 is 0. The average molecular weight is 233 g/mol. The van der Waals surface area contributed by atoms with Gasteiger partial charge in [0, 0.05) is 37.6 Å². The highest BCUT2D eigenvalue weighted by atomic mass is 15.1. The number of allylic oxidation sites excluding steroid dienone is 2. The van der Waals surface area contributed by atoms with Gasteiger partial charge in [-0.2, -0.15) is 0 Å². The van der Waals surface area contributed by atoms with Gasteiger partial charge in [-0.15, -0.1) is 0 Å². The van der Waals surface area contributed by atoms with Crippen molar-refractivity contribution in [1.82, 2.24) is 10.2 Å². The molecule has 1 N–H and O–H groups in total. The van der Waals surface area contributed by atoms with Gasteiger partial charge < -0.3 is 10.2 Å². The Hall–Kier alpha value is -1.09. The lowest BCUT2D eigenvalue weighted by molar-refractivity contribution is 0.216. The summed E-state index contributed by atoms with van der Waals surface area (Å²) in [6.45, 7) is 3.58. The molecular formula is C14H23N3. The average Bonchev–Trinajstić information content (AvgIpc) is 2.66. The van der Waals surface area contributed by atoms with Crippen molar-refractivity contribution in [3.8, 4) is 0 Å². The van der Waals surface area contributed by atoms with Gasteiger partial charge in [-0.3, -0.25) is 4.99 Å². The third kappa shape index (κ3) is 3.70. The van der Waals surface area contributed by atoms with Gasteiger partial charge in [-0.25, -0.2) is 0 Å². The highest BCUT2D eigenvalue weighted by Gasteiger charge is 2.19. The molecule has 1 saturated heterocycles. The third-order valence-corrected chi connectivity index (χ3v) is 3.69. The first-order chi connectivity index (χ1) is 8.40. The molecule has 0 aromatic heterocycles. The molecule has 3 nitrogen and oxygen atoms in total. The second-order valence-electron chi connectivity index (χ2n) is 4.87. The van der Waals surface area contributed by atoms with Gasteiger partial charge in [-0.1, -0.05) is 6.08 Å². The number of likely N-dealkylation sites (tertiary alicyclic amines) is 1. The zero-order valence-corrected chi connectivity index (χ0v) is 10.7. The number of nitrogens with zero attached hydrogens (tertiary/aromatic N) is 2. The summed E-state index contributed by atoms with van der Waals surface area (Å²) in [5.74, 6) is 0.911. The van der Waals surface area contributed by atoms with Crippen LogP contribution in [-0.2, 0) is 0 Å². The van der Waals surface area contributed by atoms with E-state index >= 15 is 0 Å². The molecule has 2 aliphatic rings. The largest absolute Gasteiger partial charge is 0.375 e. The molecule has 2 rings (SSSR count). The number of piperidine rings is 1. The molecule has 2 aliphatic heterocycles. The highest BCUT2D eigenvalue weighted by molar-refractivity contribution is 5.73. The van der Waals surface area contributed by atoms with Gasteiger partial charge in [-0.05, 0) is 44.8 Å². The SMILES string of the molecule is CNCCC1CCN(C2=CC=NC=CC2)CC1. The minimum absolute atomic E-state index is 0.911. The predicted octanol–water partition coefficient (Wildman–Crippen LogP) is 2.18. The van der Waals surface area contributed by atoms with Crippen LogP contribution in [0.3, 0.4) is 0 Å². The summed E-state index contributed by atoms with van der Waals surface area (Å²) in [5.41, 5.74) is 1.43. The smallest absolute Gasteiger partial charge is 0.0285 e. The van der Waals surface area contributed by atoms with Crippen LogP contribution in [0.4, 0.5) is 0 Å². The van der Waals surface area contributed by atoms with E-state index in [4.69, 9.17) is 0 Å². The van der Waals surface area contributed by atoms with E-state index in [9.17, 15) is 0 Å². The molecule has 0 spiro atoms. The van der Waals surface area contributed by atoms with Gasteiger partial charge in [0.15, 0.2) is 0 Å². The fraction of sp³-hybridized carbons (Fsp3) is 0.643. The second-order valence-corrected chi connectivity index (χ2v) is 4.87. The summed E-state index contributed by atoms with van der Waals surface area (Å²) in [6.07, 6.45) is 13.1. The van der Waals surface area contributed by atoms with Crippen molar-refractivity contribution in [3.63, 3.8) is 0 Å². The third-order valence-electron chi connectivity index (χ3n) is 3.69. The molecule has 0 aliphatic carbocycles. The molecule has 94 valence electrons. The van der Waals surface area contributed by atoms with Gasteiger partial charge in [0.25, 0.3) is 0 Å². The van der Waals surface area contributed by atoms with Crippen molar-refractivity contribution < 1.29 is 0 Å². The van der Waals surface area contributed by atoms with E-state index < -0.39 is 0 Å². The van der Waals surface area contributed by atoms with Gasteiger partial charge >= 0.3 is 0 Å². The van der Waals surface area contributed by atoms with Crippen LogP contribution in [-0.4, -0.2) is 37.8 Å². The molecule has 0 radical (unpaired) electrons. The van der Waals surface area contributed by atoms with Crippen LogP contribution < -0.4 is 5.32 Å². The fourth-order valence-electron chi connectivity index (χ4n) is 2.57. The Morgan fingerprint density at radius 3 is 3.00 bits per heavy atom. The second kappa shape index (κ2) is 6.60. The molecule has 0 atom stereocenters. The van der Waals surface area contributed by atoms with Gasteiger partial charge in [0.05, 0.1) is 0 Å². The Labute approximate surface area is 104 Å². The highest BCUT2D eigenvalue weighted by Crippen LogP contribution is 2.24. The Bertz CT molecular complexity index is 309. The zero-order valence-electron chi connectivity index (χ0n) is 10.7. The lowest BCUT2D eigenvalue weighted by Gasteiger charge is -2.34. The minimum Gasteiger partial charge on any atom is -0.375 e. The zero-order chi connectivity index (χ0) is 11.9. The van der Waals surface area contributed by atoms with Crippen molar-refractivity contribution in [2.24, 2.45) is 10.9 Å². The van der Waals surface area contributed by atoms with E-state index in [2.05, 4.69) is 27.4 Å². The van der Waals surface area contributed by atoms with Crippen LogP contribution in [0.5, 0.6) is 0 Å². The van der Waals surface area contributed by atoms with Crippen molar-refractivity contribution in [3.05, 3.63) is 24.0 Å². The van der Waals surface area contributed by atoms with E-state index in [1.54, 1.807) is 0 Å². The monoisotopic (exact) mass is 233 g/mol. The first-order valence-corrected chi connectivity index (χ1v) is 6.67. The molecule has 2 heterocycles. The van der Waals surface area contributed by atoms with Crippen LogP contribution in [0.2, 0.25) is 0 Å². The summed E-state index contributed by atoms with van der Waals surface area (Å²) in [6, 6.07) is 0. The normalized spacial score (nSPS) is 21.5. The number of nitrogens with one attached hydrogen (secondary N) is 1. The van der Waals surface area contributed by atoms with Crippen molar-refractivity contribution in [2.75, 3.05) is 26.7 Å². The van der Waals surface area contributed by atoms with E-state index in [1.165, 1.54) is 38.0 Å². The Balaban J connectivity index is 1.80. The van der Waals surface area contributed by atoms with E-state index in [0.717, 1.165) is 18.9 Å². The quantitative estimate of drug-likeness (QED) is 0.806. The molecule has 0 amide bonds. The number of rotatable bonds is 4. The molecule has 0 bridgehead atoms. The molecule has 3 heteroatoms. The van der Waals surface area contributed by atoms with E-state index in [-0.39, 0.29) is 0 Å². The Morgan fingerprint density at radius 1 is 1.41 bits per heavy atom. The molecule has 17 heavy (non-hydrogen) atoms. The van der Waals surface area contributed by atoms with Crippen LogP contribution in [0.15, 0.2) is 29.0 Å². The molecule has 1 fully saturated rings. The topological polar surface area (TPSA) is 27.6 Å². The summed E-state index contributed by atoms with van der Waals surface area (Å²) in [7, 11) is 2.04. The van der Waals surface area contributed by atoms with Gasteiger partial charge in [0.1, 0.15) is 0 Å². The standard InChI is InChI=1S/C14H23N3/c1-15-9-4-13-6-11-17(12-7-13)14-3-2-8-16-10-5-14/h2,5,8,10,13,15H,3-4,6-7,9,11-12H2,1H3. The maximum absolute atomic E-state index is 4.15. The summed E-state index contributed by atoms with van der Waals surface area (Å²) in [4.78, 5) is 6.68. The van der Waals surface area contributed by atoms with E-state index in [1.807, 2.05) is 19.5 Å². The fourth-order valence-corrected chi connectivity index (χ4v) is 2.57. The molecule has 0 aromatic carbocycles. The van der Waals surface area contributed by atoms with Crippen LogP contribution in [0.1, 0.15) is 25.7 Å². The molecule has 0 unspecified atom stereocenters.